The molecule has 1 N–H and O–H groups in total. The van der Waals surface area contributed by atoms with E-state index in [2.05, 4.69) is 24.1 Å². The summed E-state index contributed by atoms with van der Waals surface area (Å²) in [5.74, 6) is 1.06. The van der Waals surface area contributed by atoms with E-state index in [9.17, 15) is 0 Å². The molecule has 2 saturated carbocycles. The number of hydrogen-bond acceptors (Lipinski definition) is 2. The Morgan fingerprint density at radius 2 is 1.94 bits per heavy atom. The van der Waals surface area contributed by atoms with Gasteiger partial charge < -0.3 is 10.2 Å². The Balaban J connectivity index is 1.60. The van der Waals surface area contributed by atoms with Crippen LogP contribution >= 0.6 is 0 Å². The van der Waals surface area contributed by atoms with Crippen LogP contribution in [0, 0.1) is 5.92 Å². The molecule has 2 nitrogen and oxygen atoms in total. The van der Waals surface area contributed by atoms with E-state index < -0.39 is 0 Å². The quantitative estimate of drug-likeness (QED) is 0.629. The van der Waals surface area contributed by atoms with Gasteiger partial charge in [0.05, 0.1) is 0 Å². The van der Waals surface area contributed by atoms with Crippen molar-refractivity contribution in [3.05, 3.63) is 0 Å². The van der Waals surface area contributed by atoms with E-state index in [1.54, 1.807) is 0 Å². The van der Waals surface area contributed by atoms with E-state index in [1.165, 1.54) is 58.0 Å². The highest BCUT2D eigenvalue weighted by atomic mass is 15.2. The van der Waals surface area contributed by atoms with Gasteiger partial charge in [-0.15, -0.1) is 0 Å². The SMILES string of the molecule is CCNC(CC)CCCN(CC1CC1)C1CC1. The molecule has 0 saturated heterocycles. The number of nitrogens with one attached hydrogen (secondary N) is 1. The van der Waals surface area contributed by atoms with Gasteiger partial charge in [0.2, 0.25) is 0 Å². The van der Waals surface area contributed by atoms with Gasteiger partial charge in [-0.2, -0.15) is 0 Å². The van der Waals surface area contributed by atoms with Gasteiger partial charge in [0, 0.05) is 18.6 Å². The van der Waals surface area contributed by atoms with Crippen molar-refractivity contribution >= 4 is 0 Å². The minimum Gasteiger partial charge on any atom is -0.314 e. The zero-order valence-electron chi connectivity index (χ0n) is 11.8. The number of hydrogen-bond donors (Lipinski definition) is 1. The first kappa shape index (κ1) is 13.4. The molecule has 0 aromatic carbocycles. The number of rotatable bonds is 10. The summed E-state index contributed by atoms with van der Waals surface area (Å²) in [7, 11) is 0. The Kier molecular flexibility index (Phi) is 5.30. The molecular weight excluding hydrogens is 208 g/mol. The summed E-state index contributed by atoms with van der Waals surface area (Å²) in [6.07, 6.45) is 9.96. The molecular formula is C15H30N2. The van der Waals surface area contributed by atoms with Gasteiger partial charge in [-0.1, -0.05) is 13.8 Å². The third-order valence-electron chi connectivity index (χ3n) is 4.24. The molecule has 0 aromatic rings. The van der Waals surface area contributed by atoms with Crippen LogP contribution in [0.4, 0.5) is 0 Å². The highest BCUT2D eigenvalue weighted by Crippen LogP contribution is 2.34. The van der Waals surface area contributed by atoms with Gasteiger partial charge in [-0.05, 0) is 64.0 Å². The van der Waals surface area contributed by atoms with Gasteiger partial charge in [0.25, 0.3) is 0 Å². The van der Waals surface area contributed by atoms with Gasteiger partial charge in [-0.3, -0.25) is 0 Å². The van der Waals surface area contributed by atoms with Crippen molar-refractivity contribution in [3.8, 4) is 0 Å². The molecule has 17 heavy (non-hydrogen) atoms. The minimum absolute atomic E-state index is 0.752. The third kappa shape index (κ3) is 4.97. The van der Waals surface area contributed by atoms with Gasteiger partial charge in [0.15, 0.2) is 0 Å². The van der Waals surface area contributed by atoms with Crippen molar-refractivity contribution in [3.63, 3.8) is 0 Å². The highest BCUT2D eigenvalue weighted by molar-refractivity contribution is 4.88. The molecule has 2 rings (SSSR count). The maximum absolute atomic E-state index is 3.59. The predicted octanol–water partition coefficient (Wildman–Crippen LogP) is 3.03. The number of nitrogens with zero attached hydrogens (tertiary/aromatic N) is 1. The lowest BCUT2D eigenvalue weighted by Crippen LogP contribution is -2.32. The van der Waals surface area contributed by atoms with E-state index >= 15 is 0 Å². The second kappa shape index (κ2) is 6.75. The Hall–Kier alpha value is -0.0800. The molecule has 0 bridgehead atoms. The highest BCUT2D eigenvalue weighted by Gasteiger charge is 2.33. The van der Waals surface area contributed by atoms with Crippen molar-refractivity contribution in [1.82, 2.24) is 10.2 Å². The van der Waals surface area contributed by atoms with Crippen LogP contribution in [0.15, 0.2) is 0 Å². The first-order chi connectivity index (χ1) is 8.33. The Labute approximate surface area is 107 Å². The molecule has 100 valence electrons. The van der Waals surface area contributed by atoms with Crippen LogP contribution in [0.5, 0.6) is 0 Å². The van der Waals surface area contributed by atoms with E-state index in [0.29, 0.717) is 0 Å². The maximum atomic E-state index is 3.59. The molecule has 2 aliphatic rings. The molecule has 2 heteroatoms. The first-order valence-electron chi connectivity index (χ1n) is 7.80. The van der Waals surface area contributed by atoms with Gasteiger partial charge in [0.1, 0.15) is 0 Å². The summed E-state index contributed by atoms with van der Waals surface area (Å²) in [4.78, 5) is 2.79. The van der Waals surface area contributed by atoms with Crippen LogP contribution in [-0.4, -0.2) is 36.6 Å². The van der Waals surface area contributed by atoms with E-state index in [4.69, 9.17) is 0 Å². The molecule has 0 aromatic heterocycles. The maximum Gasteiger partial charge on any atom is 0.00965 e. The van der Waals surface area contributed by atoms with Crippen molar-refractivity contribution in [1.29, 1.82) is 0 Å². The lowest BCUT2D eigenvalue weighted by Gasteiger charge is -2.23. The normalized spacial score (nSPS) is 22.1. The molecule has 2 aliphatic carbocycles. The van der Waals surface area contributed by atoms with E-state index in [0.717, 1.165) is 24.5 Å². The average molecular weight is 238 g/mol. The monoisotopic (exact) mass is 238 g/mol. The Bertz CT molecular complexity index is 209. The second-order valence-electron chi connectivity index (χ2n) is 5.97. The minimum atomic E-state index is 0.752. The fourth-order valence-electron chi connectivity index (χ4n) is 2.77. The van der Waals surface area contributed by atoms with Crippen LogP contribution in [-0.2, 0) is 0 Å². The van der Waals surface area contributed by atoms with Crippen LogP contribution in [0.2, 0.25) is 0 Å². The van der Waals surface area contributed by atoms with Crippen LogP contribution in [0.3, 0.4) is 0 Å². The zero-order valence-corrected chi connectivity index (χ0v) is 11.8. The predicted molar refractivity (Wildman–Crippen MR) is 74.3 cm³/mol. The van der Waals surface area contributed by atoms with Crippen molar-refractivity contribution in [2.24, 2.45) is 5.92 Å². The summed E-state index contributed by atoms with van der Waals surface area (Å²) >= 11 is 0. The molecule has 0 amide bonds. The fraction of sp³-hybridized carbons (Fsp3) is 1.00. The van der Waals surface area contributed by atoms with Crippen molar-refractivity contribution in [2.75, 3.05) is 19.6 Å². The van der Waals surface area contributed by atoms with Crippen LogP contribution in [0.1, 0.15) is 58.8 Å². The van der Waals surface area contributed by atoms with E-state index in [1.807, 2.05) is 0 Å². The molecule has 1 atom stereocenters. The summed E-state index contributed by atoms with van der Waals surface area (Å²) in [6, 6.07) is 1.72. The zero-order chi connectivity index (χ0) is 12.1. The molecule has 0 aliphatic heterocycles. The third-order valence-corrected chi connectivity index (χ3v) is 4.24. The van der Waals surface area contributed by atoms with E-state index in [-0.39, 0.29) is 0 Å². The first-order valence-corrected chi connectivity index (χ1v) is 7.80. The second-order valence-corrected chi connectivity index (χ2v) is 5.97. The van der Waals surface area contributed by atoms with Crippen LogP contribution in [0.25, 0.3) is 0 Å². The smallest absolute Gasteiger partial charge is 0.00965 e. The van der Waals surface area contributed by atoms with Crippen LogP contribution < -0.4 is 5.32 Å². The summed E-state index contributed by atoms with van der Waals surface area (Å²) in [6.45, 7) is 8.39. The van der Waals surface area contributed by atoms with Gasteiger partial charge in [-0.25, -0.2) is 0 Å². The Morgan fingerprint density at radius 1 is 1.18 bits per heavy atom. The fourth-order valence-corrected chi connectivity index (χ4v) is 2.77. The topological polar surface area (TPSA) is 15.3 Å². The van der Waals surface area contributed by atoms with Crippen molar-refractivity contribution in [2.45, 2.75) is 70.9 Å². The largest absolute Gasteiger partial charge is 0.314 e. The summed E-state index contributed by atoms with van der Waals surface area (Å²) in [5, 5.41) is 3.59. The Morgan fingerprint density at radius 3 is 2.47 bits per heavy atom. The molecule has 0 spiro atoms. The molecule has 2 fully saturated rings. The molecule has 0 heterocycles. The standard InChI is InChI=1S/C15H30N2/c1-3-14(16-4-2)6-5-11-17(15-9-10-15)12-13-7-8-13/h13-16H,3-12H2,1-2H3. The summed E-state index contributed by atoms with van der Waals surface area (Å²) < 4.78 is 0. The molecule has 1 unspecified atom stereocenters. The lowest BCUT2D eigenvalue weighted by molar-refractivity contribution is 0.242. The lowest BCUT2D eigenvalue weighted by atomic mass is 10.1. The van der Waals surface area contributed by atoms with Gasteiger partial charge >= 0.3 is 0 Å². The molecule has 0 radical (unpaired) electrons. The summed E-state index contributed by atoms with van der Waals surface area (Å²) in [5.41, 5.74) is 0. The van der Waals surface area contributed by atoms with Crippen molar-refractivity contribution < 1.29 is 0 Å². The average Bonchev–Trinajstić information content (AvgIpc) is 3.16.